The van der Waals surface area contributed by atoms with E-state index in [4.69, 9.17) is 25.8 Å². The minimum absolute atomic E-state index is 0.446. The Hall–Kier alpha value is -0.240. The molecule has 1 heterocycles. The SMILES string of the molecule is NC1O[C@H](CO)[C@H](O)[C@H](O)[C@@H]1O. The Morgan fingerprint density at radius 1 is 1.08 bits per heavy atom. The zero-order valence-corrected chi connectivity index (χ0v) is 6.37. The Bertz CT molecular complexity index is 150. The highest BCUT2D eigenvalue weighted by Crippen LogP contribution is 2.17. The highest BCUT2D eigenvalue weighted by Gasteiger charge is 2.41. The lowest BCUT2D eigenvalue weighted by atomic mass is 9.99. The van der Waals surface area contributed by atoms with Crippen LogP contribution in [0.4, 0.5) is 0 Å². The number of aliphatic hydroxyl groups is 4. The molecule has 0 saturated carbocycles. The van der Waals surface area contributed by atoms with Gasteiger partial charge in [-0.15, -0.1) is 0 Å². The molecule has 0 spiro atoms. The summed E-state index contributed by atoms with van der Waals surface area (Å²) < 4.78 is 4.80. The largest absolute Gasteiger partial charge is 0.394 e. The standard InChI is InChI=1S/C6H13NO5/c7-6-5(11)4(10)3(9)2(1-8)12-6/h2-6,8-11H,1,7H2/t2-,3+,4+,5+,6?/m1/s1. The molecular weight excluding hydrogens is 166 g/mol. The van der Waals surface area contributed by atoms with E-state index in [-0.39, 0.29) is 0 Å². The molecule has 6 heteroatoms. The van der Waals surface area contributed by atoms with Crippen molar-refractivity contribution in [1.82, 2.24) is 0 Å². The third-order valence-electron chi connectivity index (χ3n) is 1.93. The van der Waals surface area contributed by atoms with Crippen LogP contribution in [0, 0.1) is 0 Å². The van der Waals surface area contributed by atoms with Crippen molar-refractivity contribution in [3.8, 4) is 0 Å². The Balaban J connectivity index is 2.63. The van der Waals surface area contributed by atoms with Crippen LogP contribution in [-0.4, -0.2) is 57.7 Å². The summed E-state index contributed by atoms with van der Waals surface area (Å²) in [5.41, 5.74) is 5.24. The Labute approximate surface area is 69.2 Å². The van der Waals surface area contributed by atoms with Gasteiger partial charge in [-0.05, 0) is 0 Å². The lowest BCUT2D eigenvalue weighted by Gasteiger charge is -2.38. The maximum Gasteiger partial charge on any atom is 0.135 e. The predicted molar refractivity (Wildman–Crippen MR) is 38.0 cm³/mol. The summed E-state index contributed by atoms with van der Waals surface area (Å²) in [5.74, 6) is 0. The van der Waals surface area contributed by atoms with E-state index in [0.717, 1.165) is 0 Å². The molecule has 0 amide bonds. The van der Waals surface area contributed by atoms with Gasteiger partial charge in [-0.3, -0.25) is 0 Å². The van der Waals surface area contributed by atoms with Gasteiger partial charge in [-0.1, -0.05) is 0 Å². The quantitative estimate of drug-likeness (QED) is 0.288. The molecule has 1 saturated heterocycles. The van der Waals surface area contributed by atoms with Gasteiger partial charge in [-0.25, -0.2) is 0 Å². The molecule has 6 N–H and O–H groups in total. The molecule has 0 bridgehead atoms. The maximum absolute atomic E-state index is 9.18. The van der Waals surface area contributed by atoms with Crippen LogP contribution >= 0.6 is 0 Å². The molecule has 1 fully saturated rings. The van der Waals surface area contributed by atoms with Crippen molar-refractivity contribution in [3.05, 3.63) is 0 Å². The summed E-state index contributed by atoms with van der Waals surface area (Å²) in [7, 11) is 0. The highest BCUT2D eigenvalue weighted by molar-refractivity contribution is 4.89. The van der Waals surface area contributed by atoms with Crippen molar-refractivity contribution in [2.24, 2.45) is 5.73 Å². The first-order valence-electron chi connectivity index (χ1n) is 3.64. The summed E-state index contributed by atoms with van der Waals surface area (Å²) in [6, 6.07) is 0. The molecule has 5 atom stereocenters. The van der Waals surface area contributed by atoms with Gasteiger partial charge in [0.25, 0.3) is 0 Å². The van der Waals surface area contributed by atoms with E-state index in [2.05, 4.69) is 0 Å². The molecule has 1 unspecified atom stereocenters. The van der Waals surface area contributed by atoms with Crippen molar-refractivity contribution in [1.29, 1.82) is 0 Å². The summed E-state index contributed by atoms with van der Waals surface area (Å²) in [6.07, 6.45) is -5.99. The zero-order valence-electron chi connectivity index (χ0n) is 6.37. The number of hydrogen-bond donors (Lipinski definition) is 5. The van der Waals surface area contributed by atoms with E-state index in [1.807, 2.05) is 0 Å². The maximum atomic E-state index is 9.18. The predicted octanol–water partition coefficient (Wildman–Crippen LogP) is -3.25. The molecule has 0 aromatic carbocycles. The van der Waals surface area contributed by atoms with Gasteiger partial charge in [0, 0.05) is 0 Å². The van der Waals surface area contributed by atoms with Gasteiger partial charge in [0.2, 0.25) is 0 Å². The van der Waals surface area contributed by atoms with Crippen molar-refractivity contribution in [2.45, 2.75) is 30.6 Å². The van der Waals surface area contributed by atoms with Crippen LogP contribution in [-0.2, 0) is 4.74 Å². The molecule has 72 valence electrons. The molecule has 1 rings (SSSR count). The fourth-order valence-electron chi connectivity index (χ4n) is 1.13. The number of nitrogens with two attached hydrogens (primary N) is 1. The van der Waals surface area contributed by atoms with E-state index in [1.165, 1.54) is 0 Å². The van der Waals surface area contributed by atoms with Crippen LogP contribution < -0.4 is 5.73 Å². The first kappa shape index (κ1) is 9.85. The number of aliphatic hydroxyl groups excluding tert-OH is 4. The Morgan fingerprint density at radius 2 is 1.67 bits per heavy atom. The summed E-state index contributed by atoms with van der Waals surface area (Å²) in [5, 5.41) is 36.1. The number of rotatable bonds is 1. The van der Waals surface area contributed by atoms with Gasteiger partial charge < -0.3 is 30.9 Å². The molecule has 0 aromatic rings. The molecule has 0 radical (unpaired) electrons. The van der Waals surface area contributed by atoms with E-state index < -0.39 is 37.3 Å². The van der Waals surface area contributed by atoms with Crippen molar-refractivity contribution < 1.29 is 25.2 Å². The minimum atomic E-state index is -1.37. The lowest BCUT2D eigenvalue weighted by Crippen LogP contribution is -2.61. The average Bonchev–Trinajstić information content (AvgIpc) is 2.08. The molecule has 1 aliphatic rings. The topological polar surface area (TPSA) is 116 Å². The van der Waals surface area contributed by atoms with Crippen LogP contribution in [0.25, 0.3) is 0 Å². The molecule has 1 aliphatic heterocycles. The normalized spacial score (nSPS) is 49.2. The van der Waals surface area contributed by atoms with Gasteiger partial charge >= 0.3 is 0 Å². The van der Waals surface area contributed by atoms with E-state index in [9.17, 15) is 5.11 Å². The second-order valence-corrected chi connectivity index (χ2v) is 2.79. The van der Waals surface area contributed by atoms with Gasteiger partial charge in [-0.2, -0.15) is 0 Å². The smallest absolute Gasteiger partial charge is 0.135 e. The molecule has 12 heavy (non-hydrogen) atoms. The van der Waals surface area contributed by atoms with Crippen molar-refractivity contribution in [2.75, 3.05) is 6.61 Å². The molecule has 0 aliphatic carbocycles. The van der Waals surface area contributed by atoms with Gasteiger partial charge in [0.1, 0.15) is 30.6 Å². The zero-order chi connectivity index (χ0) is 9.30. The van der Waals surface area contributed by atoms with Crippen LogP contribution in [0.2, 0.25) is 0 Å². The fraction of sp³-hybridized carbons (Fsp3) is 1.00. The first-order valence-corrected chi connectivity index (χ1v) is 3.64. The van der Waals surface area contributed by atoms with Crippen LogP contribution in [0.3, 0.4) is 0 Å². The summed E-state index contributed by atoms with van der Waals surface area (Å²) >= 11 is 0. The second-order valence-electron chi connectivity index (χ2n) is 2.79. The van der Waals surface area contributed by atoms with Gasteiger partial charge in [0.05, 0.1) is 6.61 Å². The fourth-order valence-corrected chi connectivity index (χ4v) is 1.13. The van der Waals surface area contributed by atoms with E-state index in [1.54, 1.807) is 0 Å². The number of ether oxygens (including phenoxy) is 1. The number of hydrogen-bond acceptors (Lipinski definition) is 6. The summed E-state index contributed by atoms with van der Waals surface area (Å²) in [6.45, 7) is -0.446. The van der Waals surface area contributed by atoms with Gasteiger partial charge in [0.15, 0.2) is 0 Å². The van der Waals surface area contributed by atoms with Crippen LogP contribution in [0.5, 0.6) is 0 Å². The van der Waals surface area contributed by atoms with Crippen molar-refractivity contribution in [3.63, 3.8) is 0 Å². The average molecular weight is 179 g/mol. The van der Waals surface area contributed by atoms with E-state index >= 15 is 0 Å². The lowest BCUT2D eigenvalue weighted by molar-refractivity contribution is -0.227. The molecule has 6 nitrogen and oxygen atoms in total. The molecule has 0 aromatic heterocycles. The van der Waals surface area contributed by atoms with Crippen LogP contribution in [0.15, 0.2) is 0 Å². The van der Waals surface area contributed by atoms with Crippen LogP contribution in [0.1, 0.15) is 0 Å². The van der Waals surface area contributed by atoms with Crippen molar-refractivity contribution >= 4 is 0 Å². The minimum Gasteiger partial charge on any atom is -0.394 e. The Kier molecular flexibility index (Phi) is 2.99. The molecular formula is C6H13NO5. The summed E-state index contributed by atoms with van der Waals surface area (Å²) in [4.78, 5) is 0. The third kappa shape index (κ3) is 1.58. The first-order chi connectivity index (χ1) is 5.57. The Morgan fingerprint density at radius 3 is 2.17 bits per heavy atom. The monoisotopic (exact) mass is 179 g/mol. The second kappa shape index (κ2) is 3.65. The van der Waals surface area contributed by atoms with E-state index in [0.29, 0.717) is 0 Å². The highest BCUT2D eigenvalue weighted by atomic mass is 16.6. The third-order valence-corrected chi connectivity index (χ3v) is 1.93.